The Labute approximate surface area is 103 Å². The monoisotopic (exact) mass is 252 g/mol. The fraction of sp³-hybridized carbons (Fsp3) is 0.417. The molecule has 1 rings (SSSR count). The predicted molar refractivity (Wildman–Crippen MR) is 68.1 cm³/mol. The Balaban J connectivity index is 2.84. The first-order chi connectivity index (χ1) is 8.11. The van der Waals surface area contributed by atoms with Crippen LogP contribution < -0.4 is 4.31 Å². The van der Waals surface area contributed by atoms with Gasteiger partial charge in [0.15, 0.2) is 0 Å². The smallest absolute Gasteiger partial charge is 0.235 e. The maximum absolute atomic E-state index is 12.1. The van der Waals surface area contributed by atoms with Crippen molar-refractivity contribution in [2.24, 2.45) is 0 Å². The van der Waals surface area contributed by atoms with E-state index in [-0.39, 0.29) is 12.2 Å². The largest absolute Gasteiger partial charge is 0.271 e. The fourth-order valence-corrected chi connectivity index (χ4v) is 3.14. The van der Waals surface area contributed by atoms with E-state index < -0.39 is 10.0 Å². The Bertz CT molecular complexity index is 477. The molecule has 0 heterocycles. The van der Waals surface area contributed by atoms with E-state index in [0.29, 0.717) is 18.7 Å². The lowest BCUT2D eigenvalue weighted by atomic mass is 10.3. The lowest BCUT2D eigenvalue weighted by molar-refractivity contribution is 0.589. The number of para-hydroxylation sites is 1. The number of hydrogen-bond donors (Lipinski definition) is 0. The molecule has 0 aliphatic carbocycles. The van der Waals surface area contributed by atoms with Gasteiger partial charge in [-0.1, -0.05) is 18.2 Å². The van der Waals surface area contributed by atoms with Crippen LogP contribution in [-0.2, 0) is 10.0 Å². The van der Waals surface area contributed by atoms with Gasteiger partial charge in [0, 0.05) is 13.0 Å². The average molecular weight is 252 g/mol. The molecule has 0 unspecified atom stereocenters. The zero-order chi connectivity index (χ0) is 12.7. The molecule has 0 saturated carbocycles. The number of nitrogens with zero attached hydrogens (tertiary/aromatic N) is 2. The van der Waals surface area contributed by atoms with E-state index in [0.717, 1.165) is 0 Å². The van der Waals surface area contributed by atoms with Crippen LogP contribution in [-0.4, -0.2) is 20.7 Å². The van der Waals surface area contributed by atoms with Crippen molar-refractivity contribution in [1.29, 1.82) is 5.26 Å². The van der Waals surface area contributed by atoms with Crippen LogP contribution in [0, 0.1) is 11.3 Å². The minimum Gasteiger partial charge on any atom is -0.271 e. The summed E-state index contributed by atoms with van der Waals surface area (Å²) in [6.07, 6.45) is 0.647. The van der Waals surface area contributed by atoms with E-state index >= 15 is 0 Å². The zero-order valence-electron chi connectivity index (χ0n) is 9.83. The van der Waals surface area contributed by atoms with Crippen molar-refractivity contribution in [3.8, 4) is 6.07 Å². The van der Waals surface area contributed by atoms with Crippen LogP contribution in [0.5, 0.6) is 0 Å². The third kappa shape index (κ3) is 3.75. The van der Waals surface area contributed by atoms with E-state index in [1.54, 1.807) is 19.1 Å². The third-order valence-corrected chi connectivity index (χ3v) is 4.30. The van der Waals surface area contributed by atoms with Gasteiger partial charge in [-0.25, -0.2) is 8.42 Å². The van der Waals surface area contributed by atoms with Gasteiger partial charge < -0.3 is 0 Å². The highest BCUT2D eigenvalue weighted by Gasteiger charge is 2.19. The summed E-state index contributed by atoms with van der Waals surface area (Å²) in [5.41, 5.74) is 0.673. The van der Waals surface area contributed by atoms with E-state index in [4.69, 9.17) is 5.26 Å². The molecule has 92 valence electrons. The Morgan fingerprint density at radius 2 is 1.94 bits per heavy atom. The number of rotatable bonds is 6. The molecule has 4 nitrogen and oxygen atoms in total. The number of benzene rings is 1. The van der Waals surface area contributed by atoms with Crippen LogP contribution in [0.15, 0.2) is 30.3 Å². The highest BCUT2D eigenvalue weighted by atomic mass is 32.2. The summed E-state index contributed by atoms with van der Waals surface area (Å²) >= 11 is 0. The molecule has 0 fully saturated rings. The van der Waals surface area contributed by atoms with Crippen LogP contribution in [0.4, 0.5) is 5.69 Å². The van der Waals surface area contributed by atoms with Crippen LogP contribution in [0.3, 0.4) is 0 Å². The summed E-state index contributed by atoms with van der Waals surface area (Å²) in [4.78, 5) is 0. The fourth-order valence-electron chi connectivity index (χ4n) is 1.58. The second-order valence-electron chi connectivity index (χ2n) is 3.58. The van der Waals surface area contributed by atoms with Crippen molar-refractivity contribution < 1.29 is 8.42 Å². The summed E-state index contributed by atoms with van der Waals surface area (Å²) in [7, 11) is -3.32. The van der Waals surface area contributed by atoms with Crippen molar-refractivity contribution >= 4 is 15.7 Å². The number of unbranched alkanes of at least 4 members (excludes halogenated alkanes) is 1. The number of hydrogen-bond acceptors (Lipinski definition) is 3. The van der Waals surface area contributed by atoms with Gasteiger partial charge in [0.1, 0.15) is 0 Å². The van der Waals surface area contributed by atoms with E-state index in [1.807, 2.05) is 24.3 Å². The summed E-state index contributed by atoms with van der Waals surface area (Å²) in [6.45, 7) is 2.20. The Hall–Kier alpha value is -1.54. The van der Waals surface area contributed by atoms with Crippen molar-refractivity contribution in [3.05, 3.63) is 30.3 Å². The number of anilines is 1. The lowest BCUT2D eigenvalue weighted by Gasteiger charge is -2.22. The second-order valence-corrected chi connectivity index (χ2v) is 5.59. The Morgan fingerprint density at radius 3 is 2.47 bits per heavy atom. The van der Waals surface area contributed by atoms with Gasteiger partial charge >= 0.3 is 0 Å². The van der Waals surface area contributed by atoms with Crippen molar-refractivity contribution in [2.75, 3.05) is 16.6 Å². The van der Waals surface area contributed by atoms with Crippen LogP contribution in [0.25, 0.3) is 0 Å². The second kappa shape index (κ2) is 6.26. The number of nitriles is 1. The average Bonchev–Trinajstić information content (AvgIpc) is 2.31. The molecule has 0 amide bonds. The number of sulfonamides is 1. The molecule has 0 aliphatic rings. The van der Waals surface area contributed by atoms with Gasteiger partial charge in [-0.05, 0) is 25.5 Å². The first-order valence-corrected chi connectivity index (χ1v) is 7.15. The molecule has 0 aromatic heterocycles. The topological polar surface area (TPSA) is 61.2 Å². The van der Waals surface area contributed by atoms with E-state index in [2.05, 4.69) is 0 Å². The standard InChI is InChI=1S/C12H16N2O2S/c1-2-14(12-8-4-3-5-9-12)17(15,16)11-7-6-10-13/h3-5,8-9H,2,6-7,11H2,1H3. The Morgan fingerprint density at radius 1 is 1.29 bits per heavy atom. The van der Waals surface area contributed by atoms with Crippen LogP contribution >= 0.6 is 0 Å². The quantitative estimate of drug-likeness (QED) is 0.729. The summed E-state index contributed by atoms with van der Waals surface area (Å²) in [6, 6.07) is 11.0. The Kier molecular flexibility index (Phi) is 4.98. The minimum absolute atomic E-state index is 0.0172. The molecule has 0 radical (unpaired) electrons. The van der Waals surface area contributed by atoms with Gasteiger partial charge in [0.25, 0.3) is 0 Å². The summed E-state index contributed by atoms with van der Waals surface area (Å²) in [5.74, 6) is 0.0172. The van der Waals surface area contributed by atoms with E-state index in [9.17, 15) is 8.42 Å². The zero-order valence-corrected chi connectivity index (χ0v) is 10.7. The molecule has 0 atom stereocenters. The highest BCUT2D eigenvalue weighted by molar-refractivity contribution is 7.92. The molecule has 1 aromatic rings. The summed E-state index contributed by atoms with van der Waals surface area (Å²) < 4.78 is 25.5. The molecular formula is C12H16N2O2S. The van der Waals surface area contributed by atoms with Gasteiger partial charge in [-0.2, -0.15) is 5.26 Å². The van der Waals surface area contributed by atoms with Crippen LogP contribution in [0.1, 0.15) is 19.8 Å². The molecule has 0 N–H and O–H groups in total. The molecular weight excluding hydrogens is 236 g/mol. The van der Waals surface area contributed by atoms with Crippen molar-refractivity contribution in [1.82, 2.24) is 0 Å². The molecule has 0 spiro atoms. The van der Waals surface area contributed by atoms with Crippen molar-refractivity contribution in [3.63, 3.8) is 0 Å². The highest BCUT2D eigenvalue weighted by Crippen LogP contribution is 2.18. The molecule has 17 heavy (non-hydrogen) atoms. The van der Waals surface area contributed by atoms with Crippen molar-refractivity contribution in [2.45, 2.75) is 19.8 Å². The lowest BCUT2D eigenvalue weighted by Crippen LogP contribution is -2.32. The molecule has 5 heteroatoms. The normalized spacial score (nSPS) is 10.8. The minimum atomic E-state index is -3.32. The van der Waals surface area contributed by atoms with Gasteiger partial charge in [0.2, 0.25) is 10.0 Å². The summed E-state index contributed by atoms with van der Waals surface area (Å²) in [5, 5.41) is 8.42. The van der Waals surface area contributed by atoms with Gasteiger partial charge in [-0.15, -0.1) is 0 Å². The molecule has 0 bridgehead atoms. The first-order valence-electron chi connectivity index (χ1n) is 5.54. The molecule has 1 aromatic carbocycles. The van der Waals surface area contributed by atoms with Gasteiger partial charge in [0.05, 0.1) is 17.5 Å². The maximum atomic E-state index is 12.1. The van der Waals surface area contributed by atoms with Crippen LogP contribution in [0.2, 0.25) is 0 Å². The first kappa shape index (κ1) is 13.5. The van der Waals surface area contributed by atoms with E-state index in [1.165, 1.54) is 4.31 Å². The third-order valence-electron chi connectivity index (χ3n) is 2.36. The SMILES string of the molecule is CCN(c1ccccc1)S(=O)(=O)CCCC#N. The molecule has 0 saturated heterocycles. The predicted octanol–water partition coefficient (Wildman–Crippen LogP) is 2.15. The maximum Gasteiger partial charge on any atom is 0.235 e. The molecule has 0 aliphatic heterocycles. The van der Waals surface area contributed by atoms with Gasteiger partial charge in [-0.3, -0.25) is 4.31 Å².